The van der Waals surface area contributed by atoms with Crippen molar-refractivity contribution in [2.45, 2.75) is 11.3 Å². The van der Waals surface area contributed by atoms with Crippen LogP contribution in [0, 0.1) is 3.57 Å². The van der Waals surface area contributed by atoms with Crippen LogP contribution in [0.3, 0.4) is 0 Å². The van der Waals surface area contributed by atoms with Crippen LogP contribution in [0.25, 0.3) is 0 Å². The number of halogens is 1. The summed E-state index contributed by atoms with van der Waals surface area (Å²) >= 11 is 2.16. The molecule has 4 rings (SSSR count). The van der Waals surface area contributed by atoms with Crippen molar-refractivity contribution < 1.29 is 17.9 Å². The number of morpholine rings is 1. The van der Waals surface area contributed by atoms with Gasteiger partial charge in [-0.3, -0.25) is 4.79 Å². The van der Waals surface area contributed by atoms with Crippen LogP contribution >= 0.6 is 22.6 Å². The number of ether oxygens (including phenoxy) is 1. The van der Waals surface area contributed by atoms with E-state index in [0.29, 0.717) is 44.8 Å². The standard InChI is InChI=1S/C19H19IN2O4S/c20-17-4-2-1-3-16(17)19(23)22-8-7-14-13-15(5-6-18(14)22)27(24,25)21-9-11-26-12-10-21/h1-6,13H,7-12H2. The zero-order chi connectivity index (χ0) is 19.0. The van der Waals surface area contributed by atoms with Crippen LogP contribution < -0.4 is 4.90 Å². The molecule has 1 saturated heterocycles. The first-order valence-corrected chi connectivity index (χ1v) is 11.3. The molecule has 2 aromatic rings. The maximum Gasteiger partial charge on any atom is 0.259 e. The summed E-state index contributed by atoms with van der Waals surface area (Å²) in [6.45, 7) is 2.14. The third kappa shape index (κ3) is 3.51. The second kappa shape index (κ2) is 7.50. The summed E-state index contributed by atoms with van der Waals surface area (Å²) in [4.78, 5) is 15.0. The fraction of sp³-hybridized carbons (Fsp3) is 0.316. The number of hydrogen-bond donors (Lipinski definition) is 0. The van der Waals surface area contributed by atoms with Crippen LogP contribution in [0.5, 0.6) is 0 Å². The fourth-order valence-corrected chi connectivity index (χ4v) is 5.54. The van der Waals surface area contributed by atoms with Gasteiger partial charge >= 0.3 is 0 Å². The van der Waals surface area contributed by atoms with Crippen molar-refractivity contribution in [3.05, 3.63) is 57.2 Å². The highest BCUT2D eigenvalue weighted by Crippen LogP contribution is 2.32. The van der Waals surface area contributed by atoms with Gasteiger partial charge in [0.25, 0.3) is 5.91 Å². The average molecular weight is 498 g/mol. The molecule has 0 atom stereocenters. The quantitative estimate of drug-likeness (QED) is 0.611. The molecule has 2 aromatic carbocycles. The van der Waals surface area contributed by atoms with Gasteiger partial charge in [0.15, 0.2) is 0 Å². The van der Waals surface area contributed by atoms with Crippen LogP contribution in [0.4, 0.5) is 5.69 Å². The number of carbonyl (C=O) groups excluding carboxylic acids is 1. The molecule has 2 heterocycles. The Labute approximate surface area is 172 Å². The number of anilines is 1. The lowest BCUT2D eigenvalue weighted by Crippen LogP contribution is -2.40. The van der Waals surface area contributed by atoms with E-state index in [2.05, 4.69) is 22.6 Å². The van der Waals surface area contributed by atoms with E-state index in [4.69, 9.17) is 4.74 Å². The molecule has 0 unspecified atom stereocenters. The Hall–Kier alpha value is -1.49. The normalized spacial score (nSPS) is 17.7. The third-order valence-electron chi connectivity index (χ3n) is 4.90. The number of hydrogen-bond acceptors (Lipinski definition) is 4. The van der Waals surface area contributed by atoms with Gasteiger partial charge in [-0.1, -0.05) is 12.1 Å². The lowest BCUT2D eigenvalue weighted by molar-refractivity contribution is 0.0730. The molecule has 8 heteroatoms. The molecule has 0 saturated carbocycles. The van der Waals surface area contributed by atoms with E-state index in [1.165, 1.54) is 4.31 Å². The molecule has 1 fully saturated rings. The van der Waals surface area contributed by atoms with Crippen molar-refractivity contribution in [2.75, 3.05) is 37.7 Å². The van der Waals surface area contributed by atoms with Crippen LogP contribution in [0.15, 0.2) is 47.4 Å². The molecule has 142 valence electrons. The summed E-state index contributed by atoms with van der Waals surface area (Å²) in [5.74, 6) is -0.0532. The number of carbonyl (C=O) groups is 1. The van der Waals surface area contributed by atoms with Crippen molar-refractivity contribution in [1.29, 1.82) is 0 Å². The lowest BCUT2D eigenvalue weighted by Gasteiger charge is -2.26. The topological polar surface area (TPSA) is 66.9 Å². The van der Waals surface area contributed by atoms with Gasteiger partial charge in [-0.05, 0) is 64.9 Å². The first-order valence-electron chi connectivity index (χ1n) is 8.76. The molecule has 6 nitrogen and oxygen atoms in total. The van der Waals surface area contributed by atoms with E-state index in [1.807, 2.05) is 24.3 Å². The minimum absolute atomic E-state index is 0.0532. The molecule has 2 aliphatic rings. The summed E-state index contributed by atoms with van der Waals surface area (Å²) in [5.41, 5.74) is 2.35. The number of amides is 1. The first kappa shape index (κ1) is 18.9. The highest BCUT2D eigenvalue weighted by atomic mass is 127. The molecule has 0 spiro atoms. The predicted molar refractivity (Wildman–Crippen MR) is 111 cm³/mol. The summed E-state index contributed by atoms with van der Waals surface area (Å²) < 4.78 is 33.3. The second-order valence-corrected chi connectivity index (χ2v) is 9.59. The maximum atomic E-state index is 12.9. The van der Waals surface area contributed by atoms with Crippen molar-refractivity contribution >= 4 is 44.2 Å². The number of sulfonamides is 1. The number of nitrogens with zero attached hydrogens (tertiary/aromatic N) is 2. The van der Waals surface area contributed by atoms with Gasteiger partial charge in [0.05, 0.1) is 23.7 Å². The second-order valence-electron chi connectivity index (χ2n) is 6.49. The van der Waals surface area contributed by atoms with Crippen LogP contribution in [-0.4, -0.2) is 51.5 Å². The third-order valence-corrected chi connectivity index (χ3v) is 7.74. The zero-order valence-electron chi connectivity index (χ0n) is 14.6. The van der Waals surface area contributed by atoms with E-state index in [0.717, 1.165) is 14.8 Å². The van der Waals surface area contributed by atoms with Gasteiger partial charge < -0.3 is 9.64 Å². The van der Waals surface area contributed by atoms with Crippen molar-refractivity contribution in [3.63, 3.8) is 0 Å². The molecule has 0 aliphatic carbocycles. The Bertz CT molecular complexity index is 987. The molecule has 0 bridgehead atoms. The molecule has 27 heavy (non-hydrogen) atoms. The monoisotopic (exact) mass is 498 g/mol. The van der Waals surface area contributed by atoms with E-state index in [9.17, 15) is 13.2 Å². The minimum Gasteiger partial charge on any atom is -0.379 e. The molecular formula is C19H19IN2O4S. The van der Waals surface area contributed by atoms with Crippen LogP contribution in [-0.2, 0) is 21.2 Å². The Morgan fingerprint density at radius 2 is 1.78 bits per heavy atom. The summed E-state index contributed by atoms with van der Waals surface area (Å²) in [6.07, 6.45) is 0.650. The van der Waals surface area contributed by atoms with Gasteiger partial charge in [0.2, 0.25) is 10.0 Å². The molecule has 2 aliphatic heterocycles. The Kier molecular flexibility index (Phi) is 5.23. The number of benzene rings is 2. The SMILES string of the molecule is O=C(c1ccccc1I)N1CCc2cc(S(=O)(=O)N3CCOCC3)ccc21. The van der Waals surface area contributed by atoms with Crippen LogP contribution in [0.2, 0.25) is 0 Å². The van der Waals surface area contributed by atoms with E-state index >= 15 is 0 Å². The van der Waals surface area contributed by atoms with Crippen molar-refractivity contribution in [3.8, 4) is 0 Å². The van der Waals surface area contributed by atoms with Gasteiger partial charge in [-0.25, -0.2) is 8.42 Å². The predicted octanol–water partition coefficient (Wildman–Crippen LogP) is 2.52. The highest BCUT2D eigenvalue weighted by molar-refractivity contribution is 14.1. The minimum atomic E-state index is -3.53. The molecule has 1 amide bonds. The van der Waals surface area contributed by atoms with E-state index < -0.39 is 10.0 Å². The zero-order valence-corrected chi connectivity index (χ0v) is 17.6. The van der Waals surface area contributed by atoms with Gasteiger partial charge in [-0.15, -0.1) is 0 Å². The van der Waals surface area contributed by atoms with Crippen molar-refractivity contribution in [1.82, 2.24) is 4.31 Å². The molecule has 0 N–H and O–H groups in total. The average Bonchev–Trinajstić information content (AvgIpc) is 3.12. The Balaban J connectivity index is 1.63. The molecular weight excluding hydrogens is 479 g/mol. The highest BCUT2D eigenvalue weighted by Gasteiger charge is 2.30. The van der Waals surface area contributed by atoms with E-state index in [-0.39, 0.29) is 10.8 Å². The summed E-state index contributed by atoms with van der Waals surface area (Å²) in [6, 6.07) is 12.5. The number of fused-ring (bicyclic) bond motifs is 1. The van der Waals surface area contributed by atoms with E-state index in [1.54, 1.807) is 23.1 Å². The summed E-state index contributed by atoms with van der Waals surface area (Å²) in [5, 5.41) is 0. The van der Waals surface area contributed by atoms with Gasteiger partial charge in [-0.2, -0.15) is 4.31 Å². The molecule has 0 radical (unpaired) electrons. The van der Waals surface area contributed by atoms with Gasteiger partial charge in [0.1, 0.15) is 0 Å². The molecule has 0 aromatic heterocycles. The fourth-order valence-electron chi connectivity index (χ4n) is 3.47. The summed E-state index contributed by atoms with van der Waals surface area (Å²) in [7, 11) is -3.53. The Morgan fingerprint density at radius 3 is 2.52 bits per heavy atom. The van der Waals surface area contributed by atoms with Crippen LogP contribution in [0.1, 0.15) is 15.9 Å². The smallest absolute Gasteiger partial charge is 0.259 e. The largest absolute Gasteiger partial charge is 0.379 e. The lowest BCUT2D eigenvalue weighted by atomic mass is 10.1. The maximum absolute atomic E-state index is 12.9. The Morgan fingerprint density at radius 1 is 1.04 bits per heavy atom. The first-order chi connectivity index (χ1) is 13.0. The van der Waals surface area contributed by atoms with Gasteiger partial charge in [0, 0.05) is 28.9 Å². The number of rotatable bonds is 3. The van der Waals surface area contributed by atoms with Crippen molar-refractivity contribution in [2.24, 2.45) is 0 Å².